The Morgan fingerprint density at radius 2 is 1.81 bits per heavy atom. The van der Waals surface area contributed by atoms with Crippen molar-refractivity contribution in [1.29, 1.82) is 0 Å². The van der Waals surface area contributed by atoms with Gasteiger partial charge in [0, 0.05) is 51.0 Å². The summed E-state index contributed by atoms with van der Waals surface area (Å²) >= 11 is 0. The first-order valence-corrected chi connectivity index (χ1v) is 9.49. The molecule has 27 heavy (non-hydrogen) atoms. The van der Waals surface area contributed by atoms with Gasteiger partial charge >= 0.3 is 0 Å². The van der Waals surface area contributed by atoms with Crippen LogP contribution in [0, 0.1) is 5.92 Å². The molecular formula is C21H28N4O2. The van der Waals surface area contributed by atoms with E-state index in [4.69, 9.17) is 4.74 Å². The lowest BCUT2D eigenvalue weighted by atomic mass is 10.2. The van der Waals surface area contributed by atoms with Crippen LogP contribution in [0.3, 0.4) is 0 Å². The second-order valence-electron chi connectivity index (χ2n) is 7.52. The van der Waals surface area contributed by atoms with Gasteiger partial charge in [-0.25, -0.2) is 0 Å². The molecular weight excluding hydrogens is 340 g/mol. The van der Waals surface area contributed by atoms with E-state index in [1.807, 2.05) is 41.6 Å². The Hall–Kier alpha value is -2.31. The molecule has 3 rings (SSSR count). The summed E-state index contributed by atoms with van der Waals surface area (Å²) in [7, 11) is 0. The smallest absolute Gasteiger partial charge is 0.236 e. The Morgan fingerprint density at radius 3 is 2.44 bits per heavy atom. The monoisotopic (exact) mass is 368 g/mol. The Balaban J connectivity index is 1.69. The van der Waals surface area contributed by atoms with Crippen molar-refractivity contribution >= 4 is 5.91 Å². The quantitative estimate of drug-likeness (QED) is 0.751. The first-order chi connectivity index (χ1) is 13.1. The van der Waals surface area contributed by atoms with Crippen molar-refractivity contribution in [3.8, 4) is 0 Å². The van der Waals surface area contributed by atoms with Gasteiger partial charge in [-0.15, -0.1) is 0 Å². The fourth-order valence-electron chi connectivity index (χ4n) is 3.34. The number of hydrogen-bond acceptors (Lipinski definition) is 5. The largest absolute Gasteiger partial charge is 0.370 e. The fraction of sp³-hybridized carbons (Fsp3) is 0.476. The summed E-state index contributed by atoms with van der Waals surface area (Å²) in [5.41, 5.74) is 2.15. The summed E-state index contributed by atoms with van der Waals surface area (Å²) in [6, 6.07) is 7.89. The molecule has 1 fully saturated rings. The van der Waals surface area contributed by atoms with Crippen LogP contribution in [0.5, 0.6) is 0 Å². The number of carbonyl (C=O) groups is 1. The van der Waals surface area contributed by atoms with E-state index in [-0.39, 0.29) is 12.0 Å². The summed E-state index contributed by atoms with van der Waals surface area (Å²) < 4.78 is 6.19. The van der Waals surface area contributed by atoms with E-state index < -0.39 is 0 Å². The van der Waals surface area contributed by atoms with Crippen LogP contribution in [0.2, 0.25) is 0 Å². The number of rotatable bonds is 7. The zero-order chi connectivity index (χ0) is 19.1. The van der Waals surface area contributed by atoms with Gasteiger partial charge in [0.25, 0.3) is 0 Å². The second kappa shape index (κ2) is 9.58. The predicted octanol–water partition coefficient (Wildman–Crippen LogP) is 2.36. The third-order valence-corrected chi connectivity index (χ3v) is 4.52. The van der Waals surface area contributed by atoms with Crippen molar-refractivity contribution in [3.63, 3.8) is 0 Å². The van der Waals surface area contributed by atoms with Crippen LogP contribution < -0.4 is 0 Å². The highest BCUT2D eigenvalue weighted by atomic mass is 16.5. The van der Waals surface area contributed by atoms with Crippen molar-refractivity contribution in [2.45, 2.75) is 33.1 Å². The number of aromatic nitrogens is 2. The molecule has 3 heterocycles. The number of ether oxygens (including phenoxy) is 1. The zero-order valence-electron chi connectivity index (χ0n) is 16.1. The Bertz CT molecular complexity index is 709. The summed E-state index contributed by atoms with van der Waals surface area (Å²) in [6.45, 7) is 7.98. The highest BCUT2D eigenvalue weighted by molar-refractivity contribution is 5.78. The maximum Gasteiger partial charge on any atom is 0.236 e. The van der Waals surface area contributed by atoms with Gasteiger partial charge in [0.1, 0.15) is 0 Å². The molecule has 0 N–H and O–H groups in total. The maximum absolute atomic E-state index is 12.8. The molecule has 1 atom stereocenters. The first-order valence-electron chi connectivity index (χ1n) is 9.49. The number of hydrogen-bond donors (Lipinski definition) is 0. The average molecular weight is 368 g/mol. The number of nitrogens with zero attached hydrogens (tertiary/aromatic N) is 4. The van der Waals surface area contributed by atoms with E-state index >= 15 is 0 Å². The van der Waals surface area contributed by atoms with Crippen molar-refractivity contribution in [3.05, 3.63) is 60.2 Å². The molecule has 0 saturated carbocycles. The summed E-state index contributed by atoms with van der Waals surface area (Å²) in [5, 5.41) is 0. The van der Waals surface area contributed by atoms with Crippen molar-refractivity contribution in [2.75, 3.05) is 26.2 Å². The van der Waals surface area contributed by atoms with E-state index in [2.05, 4.69) is 28.7 Å². The van der Waals surface area contributed by atoms with E-state index in [0.717, 1.165) is 24.2 Å². The first kappa shape index (κ1) is 19.5. The van der Waals surface area contributed by atoms with Crippen LogP contribution in [0.25, 0.3) is 0 Å². The SMILES string of the molecule is CC(C)CN1C[C@@H](OCc2cccnc2)CN(Cc2cccnc2)CC1=O. The topological polar surface area (TPSA) is 58.6 Å². The molecule has 0 spiro atoms. The molecule has 1 amide bonds. The van der Waals surface area contributed by atoms with E-state index in [1.165, 1.54) is 0 Å². The molecule has 1 aliphatic heterocycles. The summed E-state index contributed by atoms with van der Waals surface area (Å²) in [5.74, 6) is 0.595. The van der Waals surface area contributed by atoms with Gasteiger partial charge in [0.2, 0.25) is 5.91 Å². The second-order valence-corrected chi connectivity index (χ2v) is 7.52. The standard InChI is InChI=1S/C21H28N4O2/c1-17(2)11-25-14-20(27-16-19-6-4-8-23-10-19)13-24(15-21(25)26)12-18-5-3-7-22-9-18/h3-10,17,20H,11-16H2,1-2H3/t20-/m0/s1. The van der Waals surface area contributed by atoms with Gasteiger partial charge in [-0.3, -0.25) is 19.7 Å². The minimum absolute atomic E-state index is 0.0351. The third-order valence-electron chi connectivity index (χ3n) is 4.52. The Labute approximate surface area is 161 Å². The molecule has 0 aliphatic carbocycles. The van der Waals surface area contributed by atoms with Gasteiger partial charge in [0.15, 0.2) is 0 Å². The molecule has 6 nitrogen and oxygen atoms in total. The Kier molecular flexibility index (Phi) is 6.90. The van der Waals surface area contributed by atoms with Gasteiger partial charge < -0.3 is 9.64 Å². The lowest BCUT2D eigenvalue weighted by Crippen LogP contribution is -2.40. The lowest BCUT2D eigenvalue weighted by Gasteiger charge is -2.26. The lowest BCUT2D eigenvalue weighted by molar-refractivity contribution is -0.132. The normalized spacial score (nSPS) is 18.7. The molecule has 0 bridgehead atoms. The molecule has 6 heteroatoms. The van der Waals surface area contributed by atoms with Crippen molar-refractivity contribution < 1.29 is 9.53 Å². The number of carbonyl (C=O) groups excluding carboxylic acids is 1. The molecule has 1 aliphatic rings. The summed E-state index contributed by atoms with van der Waals surface area (Å²) in [4.78, 5) is 25.2. The molecule has 1 saturated heterocycles. The molecule has 0 radical (unpaired) electrons. The maximum atomic E-state index is 12.8. The van der Waals surface area contributed by atoms with Crippen molar-refractivity contribution in [2.24, 2.45) is 5.92 Å². The van der Waals surface area contributed by atoms with Gasteiger partial charge in [-0.1, -0.05) is 26.0 Å². The van der Waals surface area contributed by atoms with Crippen LogP contribution >= 0.6 is 0 Å². The van der Waals surface area contributed by atoms with E-state index in [0.29, 0.717) is 32.2 Å². The minimum Gasteiger partial charge on any atom is -0.370 e. The molecule has 144 valence electrons. The van der Waals surface area contributed by atoms with Crippen LogP contribution in [-0.2, 0) is 22.7 Å². The predicted molar refractivity (Wildman–Crippen MR) is 104 cm³/mol. The third kappa shape index (κ3) is 6.12. The highest BCUT2D eigenvalue weighted by Crippen LogP contribution is 2.14. The fourth-order valence-corrected chi connectivity index (χ4v) is 3.34. The Morgan fingerprint density at radius 1 is 1.11 bits per heavy atom. The van der Waals surface area contributed by atoms with Gasteiger partial charge in [-0.05, 0) is 29.2 Å². The van der Waals surface area contributed by atoms with Crippen LogP contribution in [0.15, 0.2) is 49.1 Å². The van der Waals surface area contributed by atoms with Gasteiger partial charge in [0.05, 0.1) is 19.3 Å². The van der Waals surface area contributed by atoms with Crippen LogP contribution in [0.4, 0.5) is 0 Å². The average Bonchev–Trinajstić information content (AvgIpc) is 2.80. The summed E-state index contributed by atoms with van der Waals surface area (Å²) in [6.07, 6.45) is 7.16. The van der Waals surface area contributed by atoms with E-state index in [1.54, 1.807) is 12.4 Å². The molecule has 0 unspecified atom stereocenters. The van der Waals surface area contributed by atoms with Crippen LogP contribution in [-0.4, -0.2) is 58.0 Å². The zero-order valence-corrected chi connectivity index (χ0v) is 16.1. The van der Waals surface area contributed by atoms with Crippen LogP contribution in [0.1, 0.15) is 25.0 Å². The molecule has 0 aromatic carbocycles. The minimum atomic E-state index is -0.0351. The number of amides is 1. The van der Waals surface area contributed by atoms with Crippen molar-refractivity contribution in [1.82, 2.24) is 19.8 Å². The highest BCUT2D eigenvalue weighted by Gasteiger charge is 2.28. The molecule has 2 aromatic heterocycles. The molecule has 2 aromatic rings. The van der Waals surface area contributed by atoms with Gasteiger partial charge in [-0.2, -0.15) is 0 Å². The number of pyridine rings is 2. The van der Waals surface area contributed by atoms with E-state index in [9.17, 15) is 4.79 Å².